The fourth-order valence-corrected chi connectivity index (χ4v) is 2.00. The second-order valence-corrected chi connectivity index (χ2v) is 5.61. The number of halogens is 1. The minimum atomic E-state index is -0.235. The van der Waals surface area contributed by atoms with Crippen LogP contribution in [0.2, 0.25) is 0 Å². The number of ether oxygens (including phenoxy) is 2. The molecule has 0 fully saturated rings. The molecule has 1 unspecified atom stereocenters. The molecule has 1 aromatic rings. The van der Waals surface area contributed by atoms with Gasteiger partial charge in [0.15, 0.2) is 0 Å². The predicted octanol–water partition coefficient (Wildman–Crippen LogP) is 3.94. The molecule has 0 aromatic heterocycles. The summed E-state index contributed by atoms with van der Waals surface area (Å²) in [5.74, 6) is 0.959. The Hall–Kier alpha value is -1.13. The number of rotatable bonds is 10. The van der Waals surface area contributed by atoms with E-state index < -0.39 is 0 Å². The van der Waals surface area contributed by atoms with Crippen LogP contribution in [-0.4, -0.2) is 26.4 Å². The molecule has 1 aromatic carbocycles. The molecule has 3 nitrogen and oxygen atoms in total. The van der Waals surface area contributed by atoms with Gasteiger partial charge in [0.05, 0.1) is 6.61 Å². The molecule has 1 rings (SSSR count). The Labute approximate surface area is 127 Å². The lowest BCUT2D eigenvalue weighted by Crippen LogP contribution is -2.18. The van der Waals surface area contributed by atoms with Gasteiger partial charge in [-0.25, -0.2) is 4.39 Å². The summed E-state index contributed by atoms with van der Waals surface area (Å²) in [4.78, 5) is 0. The Morgan fingerprint density at radius 3 is 2.52 bits per heavy atom. The second-order valence-electron chi connectivity index (χ2n) is 5.61. The molecule has 0 saturated heterocycles. The summed E-state index contributed by atoms with van der Waals surface area (Å²) in [5.41, 5.74) is 0.664. The normalized spacial score (nSPS) is 12.7. The zero-order valence-corrected chi connectivity index (χ0v) is 13.6. The van der Waals surface area contributed by atoms with Gasteiger partial charge in [-0.2, -0.15) is 0 Å². The molecular formula is C17H28FNO2. The lowest BCUT2D eigenvalue weighted by Gasteiger charge is -2.15. The van der Waals surface area contributed by atoms with Crippen molar-refractivity contribution >= 4 is 0 Å². The fourth-order valence-electron chi connectivity index (χ4n) is 2.00. The molecule has 0 aliphatic carbocycles. The zero-order valence-electron chi connectivity index (χ0n) is 13.6. The Bertz CT molecular complexity index is 410. The van der Waals surface area contributed by atoms with Crippen LogP contribution in [0, 0.1) is 11.7 Å². The molecule has 0 heterocycles. The summed E-state index contributed by atoms with van der Waals surface area (Å²) in [5, 5.41) is 3.20. The molecule has 0 aliphatic heterocycles. The number of hydrogen-bond acceptors (Lipinski definition) is 3. The summed E-state index contributed by atoms with van der Waals surface area (Å²) in [6.45, 7) is 10.8. The van der Waals surface area contributed by atoms with E-state index in [1.807, 2.05) is 13.8 Å². The van der Waals surface area contributed by atoms with E-state index >= 15 is 0 Å². The van der Waals surface area contributed by atoms with Crippen LogP contribution in [0.25, 0.3) is 0 Å². The van der Waals surface area contributed by atoms with Crippen molar-refractivity contribution in [3.8, 4) is 5.75 Å². The quantitative estimate of drug-likeness (QED) is 0.664. The first-order chi connectivity index (χ1) is 10.0. The first-order valence-electron chi connectivity index (χ1n) is 7.78. The monoisotopic (exact) mass is 297 g/mol. The average molecular weight is 297 g/mol. The standard InChI is InChI=1S/C17H28FNO2/c1-5-19-14(4)16-7-6-15(12-17(16)18)21-11-10-20-9-8-13(2)3/h6-7,12-14,19H,5,8-11H2,1-4H3. The summed E-state index contributed by atoms with van der Waals surface area (Å²) < 4.78 is 25.0. The first-order valence-corrected chi connectivity index (χ1v) is 7.78. The van der Waals surface area contributed by atoms with Gasteiger partial charge < -0.3 is 14.8 Å². The molecule has 0 bridgehead atoms. The summed E-state index contributed by atoms with van der Waals surface area (Å²) >= 11 is 0. The smallest absolute Gasteiger partial charge is 0.131 e. The zero-order chi connectivity index (χ0) is 15.7. The minimum Gasteiger partial charge on any atom is -0.491 e. The molecule has 0 amide bonds. The molecule has 21 heavy (non-hydrogen) atoms. The maximum atomic E-state index is 14.0. The lowest BCUT2D eigenvalue weighted by molar-refractivity contribution is 0.0924. The SMILES string of the molecule is CCNC(C)c1ccc(OCCOCCC(C)C)cc1F. The highest BCUT2D eigenvalue weighted by molar-refractivity contribution is 5.30. The van der Waals surface area contributed by atoms with Crippen LogP contribution >= 0.6 is 0 Å². The molecule has 0 saturated carbocycles. The maximum absolute atomic E-state index is 14.0. The number of nitrogens with one attached hydrogen (secondary N) is 1. The van der Waals surface area contributed by atoms with E-state index in [2.05, 4.69) is 19.2 Å². The van der Waals surface area contributed by atoms with E-state index in [4.69, 9.17) is 9.47 Å². The van der Waals surface area contributed by atoms with Gasteiger partial charge in [0, 0.05) is 24.3 Å². The van der Waals surface area contributed by atoms with Gasteiger partial charge in [-0.05, 0) is 31.9 Å². The molecule has 1 N–H and O–H groups in total. The van der Waals surface area contributed by atoms with Gasteiger partial charge in [-0.3, -0.25) is 0 Å². The third-order valence-corrected chi connectivity index (χ3v) is 3.28. The van der Waals surface area contributed by atoms with Gasteiger partial charge in [-0.15, -0.1) is 0 Å². The van der Waals surface area contributed by atoms with Crippen molar-refractivity contribution in [2.45, 2.75) is 40.2 Å². The summed E-state index contributed by atoms with van der Waals surface area (Å²) in [6, 6.07) is 5.03. The van der Waals surface area contributed by atoms with Crippen LogP contribution in [0.1, 0.15) is 45.7 Å². The van der Waals surface area contributed by atoms with E-state index in [0.29, 0.717) is 30.4 Å². The van der Waals surface area contributed by atoms with Crippen molar-refractivity contribution in [1.29, 1.82) is 0 Å². The predicted molar refractivity (Wildman–Crippen MR) is 84.3 cm³/mol. The van der Waals surface area contributed by atoms with Crippen molar-refractivity contribution in [1.82, 2.24) is 5.32 Å². The van der Waals surface area contributed by atoms with Crippen molar-refractivity contribution in [3.63, 3.8) is 0 Å². The highest BCUT2D eigenvalue weighted by Crippen LogP contribution is 2.21. The molecular weight excluding hydrogens is 269 g/mol. The van der Waals surface area contributed by atoms with Crippen LogP contribution < -0.4 is 10.1 Å². The Morgan fingerprint density at radius 1 is 1.14 bits per heavy atom. The highest BCUT2D eigenvalue weighted by atomic mass is 19.1. The topological polar surface area (TPSA) is 30.5 Å². The Balaban J connectivity index is 2.35. The summed E-state index contributed by atoms with van der Waals surface area (Å²) in [7, 11) is 0. The Morgan fingerprint density at radius 2 is 1.90 bits per heavy atom. The molecule has 120 valence electrons. The first kappa shape index (κ1) is 17.9. The third kappa shape index (κ3) is 6.91. The largest absolute Gasteiger partial charge is 0.491 e. The van der Waals surface area contributed by atoms with Crippen molar-refractivity contribution in [2.75, 3.05) is 26.4 Å². The second kappa shape index (κ2) is 9.74. The average Bonchev–Trinajstić information content (AvgIpc) is 2.42. The molecule has 4 heteroatoms. The third-order valence-electron chi connectivity index (χ3n) is 3.28. The minimum absolute atomic E-state index is 0.00316. The van der Waals surface area contributed by atoms with Crippen molar-refractivity contribution in [2.24, 2.45) is 5.92 Å². The maximum Gasteiger partial charge on any atom is 0.131 e. The highest BCUT2D eigenvalue weighted by Gasteiger charge is 2.10. The van der Waals surface area contributed by atoms with Crippen molar-refractivity contribution in [3.05, 3.63) is 29.6 Å². The molecule has 0 radical (unpaired) electrons. The van der Waals surface area contributed by atoms with Crippen molar-refractivity contribution < 1.29 is 13.9 Å². The van der Waals surface area contributed by atoms with Crippen LogP contribution in [0.3, 0.4) is 0 Å². The van der Waals surface area contributed by atoms with Crippen LogP contribution in [-0.2, 0) is 4.74 Å². The van der Waals surface area contributed by atoms with Gasteiger partial charge in [-0.1, -0.05) is 26.8 Å². The molecule has 0 aliphatic rings. The molecule has 1 atom stereocenters. The number of benzene rings is 1. The van der Waals surface area contributed by atoms with Gasteiger partial charge >= 0.3 is 0 Å². The lowest BCUT2D eigenvalue weighted by atomic mass is 10.1. The summed E-state index contributed by atoms with van der Waals surface area (Å²) in [6.07, 6.45) is 1.05. The Kier molecular flexibility index (Phi) is 8.31. The van der Waals surface area contributed by atoms with Crippen LogP contribution in [0.15, 0.2) is 18.2 Å². The van der Waals surface area contributed by atoms with E-state index in [-0.39, 0.29) is 11.9 Å². The van der Waals surface area contributed by atoms with E-state index in [1.165, 1.54) is 6.07 Å². The van der Waals surface area contributed by atoms with Gasteiger partial charge in [0.25, 0.3) is 0 Å². The van der Waals surface area contributed by atoms with Gasteiger partial charge in [0.2, 0.25) is 0 Å². The number of hydrogen-bond donors (Lipinski definition) is 1. The molecule has 0 spiro atoms. The van der Waals surface area contributed by atoms with Crippen LogP contribution in [0.5, 0.6) is 5.75 Å². The van der Waals surface area contributed by atoms with E-state index in [9.17, 15) is 4.39 Å². The van der Waals surface area contributed by atoms with E-state index in [1.54, 1.807) is 12.1 Å². The fraction of sp³-hybridized carbons (Fsp3) is 0.647. The van der Waals surface area contributed by atoms with E-state index in [0.717, 1.165) is 19.6 Å². The van der Waals surface area contributed by atoms with Crippen LogP contribution in [0.4, 0.5) is 4.39 Å². The van der Waals surface area contributed by atoms with Gasteiger partial charge in [0.1, 0.15) is 18.2 Å².